The van der Waals surface area contributed by atoms with Crippen molar-refractivity contribution < 1.29 is 33.4 Å². The van der Waals surface area contributed by atoms with Gasteiger partial charge >= 0.3 is 17.9 Å². The molecule has 0 bridgehead atoms. The van der Waals surface area contributed by atoms with Crippen LogP contribution in [0.1, 0.15) is 46.0 Å². The third kappa shape index (κ3) is 12.8. The third-order valence-corrected chi connectivity index (χ3v) is 2.27. The Kier molecular flexibility index (Phi) is 10.8. The minimum Gasteiger partial charge on any atom is -0.463 e. The highest BCUT2D eigenvalue weighted by atomic mass is 16.6. The summed E-state index contributed by atoms with van der Waals surface area (Å²) in [4.78, 5) is 44.1. The van der Waals surface area contributed by atoms with Crippen LogP contribution >= 0.6 is 0 Å². The first-order valence-corrected chi connectivity index (χ1v) is 6.92. The smallest absolute Gasteiger partial charge is 0.344 e. The second-order valence-corrected chi connectivity index (χ2v) is 4.45. The molecular formula is C14H22O7. The van der Waals surface area contributed by atoms with E-state index in [0.717, 1.165) is 0 Å². The van der Waals surface area contributed by atoms with Crippen molar-refractivity contribution in [1.29, 1.82) is 0 Å². The number of hydrogen-bond donors (Lipinski definition) is 0. The van der Waals surface area contributed by atoms with Gasteiger partial charge in [-0.1, -0.05) is 6.92 Å². The van der Waals surface area contributed by atoms with Crippen LogP contribution in [-0.2, 0) is 33.4 Å². The normalized spacial score (nSPS) is 9.81. The van der Waals surface area contributed by atoms with E-state index in [1.165, 1.54) is 6.92 Å². The predicted molar refractivity (Wildman–Crippen MR) is 72.3 cm³/mol. The molecule has 0 amide bonds. The van der Waals surface area contributed by atoms with Crippen molar-refractivity contribution in [2.45, 2.75) is 46.0 Å². The van der Waals surface area contributed by atoms with Crippen LogP contribution in [0.5, 0.6) is 0 Å². The minimum atomic E-state index is -0.571. The average molecular weight is 302 g/mol. The van der Waals surface area contributed by atoms with Gasteiger partial charge in [-0.05, 0) is 26.2 Å². The first-order valence-electron chi connectivity index (χ1n) is 6.92. The van der Waals surface area contributed by atoms with Gasteiger partial charge < -0.3 is 14.2 Å². The first kappa shape index (κ1) is 19.1. The summed E-state index contributed by atoms with van der Waals surface area (Å²) in [6, 6.07) is 0. The zero-order chi connectivity index (χ0) is 16.1. The van der Waals surface area contributed by atoms with Crippen LogP contribution in [-0.4, -0.2) is 43.5 Å². The summed E-state index contributed by atoms with van der Waals surface area (Å²) >= 11 is 0. The van der Waals surface area contributed by atoms with Crippen molar-refractivity contribution >= 4 is 23.7 Å². The maximum atomic E-state index is 11.3. The van der Waals surface area contributed by atoms with Gasteiger partial charge in [0, 0.05) is 12.8 Å². The van der Waals surface area contributed by atoms with Crippen molar-refractivity contribution in [3.8, 4) is 0 Å². The van der Waals surface area contributed by atoms with E-state index in [-0.39, 0.29) is 31.8 Å². The van der Waals surface area contributed by atoms with Crippen molar-refractivity contribution in [3.63, 3.8) is 0 Å². The Morgan fingerprint density at radius 2 is 1.29 bits per heavy atom. The molecule has 0 aromatic rings. The van der Waals surface area contributed by atoms with Crippen LogP contribution in [0.2, 0.25) is 0 Å². The highest BCUT2D eigenvalue weighted by Gasteiger charge is 2.09. The molecule has 7 nitrogen and oxygen atoms in total. The van der Waals surface area contributed by atoms with Crippen molar-refractivity contribution in [2.24, 2.45) is 0 Å². The van der Waals surface area contributed by atoms with Crippen LogP contribution in [0.15, 0.2) is 0 Å². The van der Waals surface area contributed by atoms with Gasteiger partial charge in [0.1, 0.15) is 6.61 Å². The number of rotatable bonds is 11. The highest BCUT2D eigenvalue weighted by molar-refractivity contribution is 5.80. The van der Waals surface area contributed by atoms with Gasteiger partial charge in [-0.25, -0.2) is 4.79 Å². The number of unbranched alkanes of at least 4 members (excludes halogenated alkanes) is 1. The molecule has 0 fully saturated rings. The molecule has 0 aliphatic rings. The summed E-state index contributed by atoms with van der Waals surface area (Å²) in [6.45, 7) is 2.88. The maximum absolute atomic E-state index is 11.3. The molecule has 0 saturated heterocycles. The Hall–Kier alpha value is -1.92. The molecule has 21 heavy (non-hydrogen) atoms. The Morgan fingerprint density at radius 1 is 0.762 bits per heavy atom. The molecule has 0 aromatic heterocycles. The number of ketones is 1. The molecule has 0 aliphatic carbocycles. The SMILES string of the molecule is CCCOC(=O)COC(=O)CCCCC(=O)OCC(C)=O. The first-order chi connectivity index (χ1) is 9.95. The largest absolute Gasteiger partial charge is 0.463 e. The second-order valence-electron chi connectivity index (χ2n) is 4.45. The number of hydrogen-bond acceptors (Lipinski definition) is 7. The van der Waals surface area contributed by atoms with Gasteiger partial charge in [0.25, 0.3) is 0 Å². The zero-order valence-electron chi connectivity index (χ0n) is 12.5. The minimum absolute atomic E-state index is 0.112. The molecule has 0 atom stereocenters. The number of Topliss-reactive ketones (excluding diaryl/α,β-unsaturated/α-hetero) is 1. The van der Waals surface area contributed by atoms with E-state index in [1.54, 1.807) is 0 Å². The monoisotopic (exact) mass is 302 g/mol. The predicted octanol–water partition coefficient (Wildman–Crippen LogP) is 1.18. The molecule has 0 spiro atoms. The standard InChI is InChI=1S/C14H22O7/c1-3-8-19-14(18)10-21-13(17)7-5-4-6-12(16)20-9-11(2)15/h3-10H2,1-2H3. The highest BCUT2D eigenvalue weighted by Crippen LogP contribution is 2.03. The molecule has 120 valence electrons. The molecule has 0 saturated carbocycles. The third-order valence-electron chi connectivity index (χ3n) is 2.27. The van der Waals surface area contributed by atoms with Crippen molar-refractivity contribution in [2.75, 3.05) is 19.8 Å². The lowest BCUT2D eigenvalue weighted by atomic mass is 10.2. The molecule has 0 radical (unpaired) electrons. The Morgan fingerprint density at radius 3 is 1.76 bits per heavy atom. The molecule has 7 heteroatoms. The lowest BCUT2D eigenvalue weighted by Crippen LogP contribution is -2.16. The van der Waals surface area contributed by atoms with E-state index < -0.39 is 17.9 Å². The van der Waals surface area contributed by atoms with E-state index in [2.05, 4.69) is 4.74 Å². The number of carbonyl (C=O) groups is 4. The summed E-state index contributed by atoms with van der Waals surface area (Å²) in [5.41, 5.74) is 0. The Balaban J connectivity index is 3.55. The van der Waals surface area contributed by atoms with Crippen LogP contribution in [0.3, 0.4) is 0 Å². The van der Waals surface area contributed by atoms with Gasteiger partial charge in [-0.3, -0.25) is 14.4 Å². The number of esters is 3. The molecule has 0 N–H and O–H groups in total. The van der Waals surface area contributed by atoms with Gasteiger partial charge in [0.05, 0.1) is 6.61 Å². The topological polar surface area (TPSA) is 96.0 Å². The fourth-order valence-electron chi connectivity index (χ4n) is 1.26. The lowest BCUT2D eigenvalue weighted by molar-refractivity contribution is -0.158. The molecule has 0 unspecified atom stereocenters. The number of ether oxygens (including phenoxy) is 3. The second kappa shape index (κ2) is 11.9. The number of carbonyl (C=O) groups excluding carboxylic acids is 4. The molecule has 0 aliphatic heterocycles. The Labute approximate surface area is 123 Å². The zero-order valence-corrected chi connectivity index (χ0v) is 12.5. The molecular weight excluding hydrogens is 280 g/mol. The maximum Gasteiger partial charge on any atom is 0.344 e. The summed E-state index contributed by atoms with van der Waals surface area (Å²) in [6.07, 6.45) is 1.85. The van der Waals surface area contributed by atoms with Crippen LogP contribution in [0.4, 0.5) is 0 Å². The van der Waals surface area contributed by atoms with Gasteiger partial charge in [-0.2, -0.15) is 0 Å². The Bertz CT molecular complexity index is 362. The quantitative estimate of drug-likeness (QED) is 0.321. The van der Waals surface area contributed by atoms with E-state index in [4.69, 9.17) is 9.47 Å². The lowest BCUT2D eigenvalue weighted by Gasteiger charge is -2.05. The van der Waals surface area contributed by atoms with Crippen LogP contribution in [0.25, 0.3) is 0 Å². The van der Waals surface area contributed by atoms with Crippen molar-refractivity contribution in [1.82, 2.24) is 0 Å². The van der Waals surface area contributed by atoms with Crippen LogP contribution < -0.4 is 0 Å². The summed E-state index contributed by atoms with van der Waals surface area (Å²) < 4.78 is 14.1. The fourth-order valence-corrected chi connectivity index (χ4v) is 1.26. The van der Waals surface area contributed by atoms with Gasteiger partial charge in [0.2, 0.25) is 0 Å². The fraction of sp³-hybridized carbons (Fsp3) is 0.714. The molecule has 0 rings (SSSR count). The summed E-state index contributed by atoms with van der Waals surface area (Å²) in [7, 11) is 0. The van der Waals surface area contributed by atoms with Crippen molar-refractivity contribution in [3.05, 3.63) is 0 Å². The van der Waals surface area contributed by atoms with E-state index >= 15 is 0 Å². The van der Waals surface area contributed by atoms with E-state index in [1.807, 2.05) is 6.92 Å². The summed E-state index contributed by atoms with van der Waals surface area (Å²) in [5, 5.41) is 0. The van der Waals surface area contributed by atoms with E-state index in [9.17, 15) is 19.2 Å². The van der Waals surface area contributed by atoms with Gasteiger partial charge in [-0.15, -0.1) is 0 Å². The molecule has 0 heterocycles. The van der Waals surface area contributed by atoms with Crippen LogP contribution in [0, 0.1) is 0 Å². The molecule has 0 aromatic carbocycles. The average Bonchev–Trinajstić information content (AvgIpc) is 2.45. The van der Waals surface area contributed by atoms with Gasteiger partial charge in [0.15, 0.2) is 12.4 Å². The summed E-state index contributed by atoms with van der Waals surface area (Å²) in [5.74, 6) is -1.78. The van der Waals surface area contributed by atoms with E-state index in [0.29, 0.717) is 25.9 Å².